The Hall–Kier alpha value is -6.39. The molecule has 2 fully saturated rings. The van der Waals surface area contributed by atoms with E-state index in [2.05, 4.69) is 67.1 Å². The number of rotatable bonds is 22. The molecule has 0 aliphatic carbocycles. The summed E-state index contributed by atoms with van der Waals surface area (Å²) in [5.41, 5.74) is 13.8. The van der Waals surface area contributed by atoms with Gasteiger partial charge in [0.15, 0.2) is 11.6 Å². The number of aromatic nitrogens is 3. The molecule has 2 saturated heterocycles. The van der Waals surface area contributed by atoms with E-state index < -0.39 is 17.5 Å². The molecule has 3 aromatic carbocycles. The van der Waals surface area contributed by atoms with E-state index in [1.54, 1.807) is 40.5 Å². The van der Waals surface area contributed by atoms with Gasteiger partial charge in [-0.1, -0.05) is 107 Å². The predicted molar refractivity (Wildman–Crippen MR) is 283 cm³/mol. The first-order chi connectivity index (χ1) is 34.6. The fraction of sp³-hybridized carbons (Fsp3) is 0.482. The Bertz CT molecular complexity index is 2610. The molecule has 5 N–H and O–H groups in total. The third-order valence-corrected chi connectivity index (χ3v) is 14.8. The highest BCUT2D eigenvalue weighted by molar-refractivity contribution is 7.13. The van der Waals surface area contributed by atoms with E-state index in [4.69, 9.17) is 10.5 Å². The van der Waals surface area contributed by atoms with Crippen LogP contribution in [-0.2, 0) is 32.1 Å². The molecule has 3 atom stereocenters. The van der Waals surface area contributed by atoms with Gasteiger partial charge in [-0.15, -0.1) is 21.5 Å². The number of amides is 4. The van der Waals surface area contributed by atoms with Gasteiger partial charge in [-0.2, -0.15) is 0 Å². The molecule has 384 valence electrons. The molecule has 16 heteroatoms. The molecular formula is C56H73N9O6S. The van der Waals surface area contributed by atoms with E-state index in [1.807, 2.05) is 63.2 Å². The van der Waals surface area contributed by atoms with Crippen LogP contribution in [0.5, 0.6) is 11.5 Å². The summed E-state index contributed by atoms with van der Waals surface area (Å²) in [4.78, 5) is 65.6. The van der Waals surface area contributed by atoms with Crippen LogP contribution in [0, 0.1) is 12.3 Å². The van der Waals surface area contributed by atoms with Gasteiger partial charge in [0.1, 0.15) is 23.5 Å². The smallest absolute Gasteiger partial charge is 0.246 e. The number of aryl methyl sites for hydroxylation is 1. The van der Waals surface area contributed by atoms with Crippen molar-refractivity contribution in [2.45, 2.75) is 130 Å². The molecule has 2 aliphatic rings. The van der Waals surface area contributed by atoms with Gasteiger partial charge >= 0.3 is 0 Å². The van der Waals surface area contributed by atoms with Gasteiger partial charge in [0.25, 0.3) is 0 Å². The zero-order valence-electron chi connectivity index (χ0n) is 42.7. The Balaban J connectivity index is 0.748. The van der Waals surface area contributed by atoms with Crippen molar-refractivity contribution >= 4 is 40.8 Å². The second-order valence-corrected chi connectivity index (χ2v) is 21.2. The van der Waals surface area contributed by atoms with Crippen molar-refractivity contribution < 1.29 is 29.0 Å². The minimum atomic E-state index is -0.749. The monoisotopic (exact) mass is 1000 g/mol. The number of phenols is 1. The Morgan fingerprint density at radius 2 is 1.56 bits per heavy atom. The zero-order chi connectivity index (χ0) is 51.2. The number of benzene rings is 3. The highest BCUT2D eigenvalue weighted by Crippen LogP contribution is 2.32. The van der Waals surface area contributed by atoms with E-state index in [0.29, 0.717) is 55.8 Å². The van der Waals surface area contributed by atoms with E-state index in [1.165, 1.54) is 5.56 Å². The van der Waals surface area contributed by atoms with Crippen LogP contribution < -0.4 is 21.1 Å². The van der Waals surface area contributed by atoms with Crippen LogP contribution in [-0.4, -0.2) is 110 Å². The third-order valence-electron chi connectivity index (χ3n) is 13.8. The number of likely N-dealkylation sites (tertiary alicyclic amines) is 1. The summed E-state index contributed by atoms with van der Waals surface area (Å²) in [6.07, 6.45) is 8.29. The van der Waals surface area contributed by atoms with Crippen molar-refractivity contribution in [2.24, 2.45) is 5.41 Å². The molecule has 4 amide bonds. The van der Waals surface area contributed by atoms with Gasteiger partial charge in [0.05, 0.1) is 28.7 Å². The van der Waals surface area contributed by atoms with Gasteiger partial charge in [-0.3, -0.25) is 24.1 Å². The number of ether oxygens (including phenoxy) is 1. The van der Waals surface area contributed by atoms with Gasteiger partial charge in [-0.25, -0.2) is 4.98 Å². The number of anilines is 1. The van der Waals surface area contributed by atoms with Crippen LogP contribution in [0.1, 0.15) is 120 Å². The Labute approximate surface area is 429 Å². The SMILES string of the molecule is Cc1ncsc1-c1ccc([C@H](C)NC(=O)[C@@H]2CCCN2C(=O)[C@@H](NC(=O)CCCCCCCCC(=O)N2CCN(Cc3cccc(CCOc4cc(-c5ccccc5O)nnc4N)c3)CC2)C(C)(C)C)cc1. The largest absolute Gasteiger partial charge is 0.507 e. The van der Waals surface area contributed by atoms with E-state index in [0.717, 1.165) is 105 Å². The number of piperazine rings is 1. The number of nitrogen functional groups attached to an aromatic ring is 1. The summed E-state index contributed by atoms with van der Waals surface area (Å²) < 4.78 is 6.01. The maximum Gasteiger partial charge on any atom is 0.246 e. The van der Waals surface area contributed by atoms with E-state index in [9.17, 15) is 24.3 Å². The quantitative estimate of drug-likeness (QED) is 0.0485. The van der Waals surface area contributed by atoms with Gasteiger partial charge in [-0.05, 0) is 79.3 Å². The maximum atomic E-state index is 14.1. The van der Waals surface area contributed by atoms with Crippen molar-refractivity contribution in [3.8, 4) is 33.2 Å². The van der Waals surface area contributed by atoms with Crippen LogP contribution in [0.3, 0.4) is 0 Å². The summed E-state index contributed by atoms with van der Waals surface area (Å²) in [7, 11) is 0. The second kappa shape index (κ2) is 25.3. The zero-order valence-corrected chi connectivity index (χ0v) is 43.5. The summed E-state index contributed by atoms with van der Waals surface area (Å²) in [5.74, 6) is 0.404. The lowest BCUT2D eigenvalue weighted by atomic mass is 9.85. The average molecular weight is 1000 g/mol. The average Bonchev–Trinajstić information content (AvgIpc) is 4.04. The number of nitrogens with zero attached hydrogens (tertiary/aromatic N) is 6. The summed E-state index contributed by atoms with van der Waals surface area (Å²) >= 11 is 1.61. The number of nitrogens with one attached hydrogen (secondary N) is 2. The topological polar surface area (TPSA) is 196 Å². The molecule has 2 aromatic heterocycles. The molecular weight excluding hydrogens is 927 g/mol. The van der Waals surface area contributed by atoms with Crippen LogP contribution >= 0.6 is 11.3 Å². The molecule has 7 rings (SSSR count). The van der Waals surface area contributed by atoms with Crippen molar-refractivity contribution in [1.29, 1.82) is 0 Å². The van der Waals surface area contributed by atoms with Gasteiger partial charge < -0.3 is 36.0 Å². The first-order valence-electron chi connectivity index (χ1n) is 25.7. The first-order valence-corrected chi connectivity index (χ1v) is 26.6. The molecule has 0 bridgehead atoms. The summed E-state index contributed by atoms with van der Waals surface area (Å²) in [6, 6.07) is 23.7. The highest BCUT2D eigenvalue weighted by atomic mass is 32.1. The number of thiazole rings is 1. The minimum absolute atomic E-state index is 0.109. The standard InChI is InChI=1S/C56H73N9O6S/c1-38(42-23-25-43(26-24-42)51-39(2)58-37-72-51)59-54(69)46-19-15-28-65(46)55(70)52(56(3,4)5)60-49(67)21-10-8-6-7-9-11-22-50(68)64-31-29-63(30-32-64)36-41-17-14-16-40(34-41)27-33-71-48-35-45(61-62-53(48)57)44-18-12-13-20-47(44)66/h12-14,16-18,20,23-26,34-35,37-38,46,52,66H,6-11,15,19,21-22,27-33,36H2,1-5H3,(H2,57,62)(H,59,69)(H,60,67)/t38-,46-,52+/m0/s1. The summed E-state index contributed by atoms with van der Waals surface area (Å²) in [6.45, 7) is 14.6. The molecule has 2 aliphatic heterocycles. The van der Waals surface area contributed by atoms with Crippen LogP contribution in [0.2, 0.25) is 0 Å². The Morgan fingerprint density at radius 1 is 0.847 bits per heavy atom. The fourth-order valence-electron chi connectivity index (χ4n) is 9.57. The van der Waals surface area contributed by atoms with Crippen molar-refractivity contribution in [1.82, 2.24) is 40.5 Å². The second-order valence-electron chi connectivity index (χ2n) is 20.4. The number of unbranched alkanes of at least 4 members (excludes halogenated alkanes) is 5. The number of carbonyl (C=O) groups is 4. The maximum absolute atomic E-state index is 14.1. The van der Waals surface area contributed by atoms with Crippen molar-refractivity contribution in [2.75, 3.05) is 45.1 Å². The van der Waals surface area contributed by atoms with Gasteiger partial charge in [0, 0.05) is 70.2 Å². The molecule has 0 saturated carbocycles. The van der Waals surface area contributed by atoms with Crippen LogP contribution in [0.25, 0.3) is 21.7 Å². The Kier molecular flexibility index (Phi) is 18.8. The molecule has 5 aromatic rings. The number of aromatic hydroxyl groups is 1. The third kappa shape index (κ3) is 14.6. The van der Waals surface area contributed by atoms with Crippen LogP contribution in [0.4, 0.5) is 5.82 Å². The fourth-order valence-corrected chi connectivity index (χ4v) is 10.4. The lowest BCUT2D eigenvalue weighted by Crippen LogP contribution is -2.57. The molecule has 0 spiro atoms. The lowest BCUT2D eigenvalue weighted by Gasteiger charge is -2.35. The molecule has 0 unspecified atom stereocenters. The lowest BCUT2D eigenvalue weighted by molar-refractivity contribution is -0.144. The minimum Gasteiger partial charge on any atom is -0.507 e. The first kappa shape index (κ1) is 53.4. The summed E-state index contributed by atoms with van der Waals surface area (Å²) in [5, 5.41) is 24.6. The van der Waals surface area contributed by atoms with E-state index >= 15 is 0 Å². The number of nitrogens with two attached hydrogens (primary N) is 1. The van der Waals surface area contributed by atoms with E-state index in [-0.39, 0.29) is 41.2 Å². The predicted octanol–water partition coefficient (Wildman–Crippen LogP) is 8.65. The highest BCUT2D eigenvalue weighted by Gasteiger charge is 2.42. The molecule has 4 heterocycles. The normalized spacial score (nSPS) is 16.0. The number of hydrogen-bond donors (Lipinski definition) is 4. The number of carbonyl (C=O) groups excluding carboxylic acids is 4. The molecule has 0 radical (unpaired) electrons. The number of para-hydroxylation sites is 1. The Morgan fingerprint density at radius 3 is 2.26 bits per heavy atom. The van der Waals surface area contributed by atoms with Crippen molar-refractivity contribution in [3.63, 3.8) is 0 Å². The van der Waals surface area contributed by atoms with Gasteiger partial charge in [0.2, 0.25) is 23.6 Å². The molecule has 72 heavy (non-hydrogen) atoms. The van der Waals surface area contributed by atoms with Crippen LogP contribution in [0.15, 0.2) is 84.4 Å². The molecule has 15 nitrogen and oxygen atoms in total. The number of phenolic OH excluding ortho intramolecular Hbond substituents is 1. The number of hydrogen-bond acceptors (Lipinski definition) is 12. The van der Waals surface area contributed by atoms with Crippen molar-refractivity contribution in [3.05, 3.63) is 107 Å².